The quantitative estimate of drug-likeness (QED) is 0.0838. The molecule has 2 aromatic rings. The Labute approximate surface area is 241 Å². The van der Waals surface area contributed by atoms with Crippen molar-refractivity contribution in [3.63, 3.8) is 0 Å². The first kappa shape index (κ1) is 32.8. The molecule has 0 bridgehead atoms. The van der Waals surface area contributed by atoms with Crippen LogP contribution in [-0.4, -0.2) is 62.2 Å². The van der Waals surface area contributed by atoms with Crippen LogP contribution in [0.25, 0.3) is 0 Å². The van der Waals surface area contributed by atoms with Crippen LogP contribution in [0.1, 0.15) is 34.3 Å². The monoisotopic (exact) mass is 631 g/mol. The van der Waals surface area contributed by atoms with E-state index in [0.717, 1.165) is 0 Å². The van der Waals surface area contributed by atoms with Gasteiger partial charge in [0.25, 0.3) is 10.2 Å². The first-order valence-corrected chi connectivity index (χ1v) is 13.5. The fourth-order valence-electron chi connectivity index (χ4n) is 3.64. The Balaban J connectivity index is 1.73. The maximum Gasteiger partial charge on any atom is 0.491 e. The first-order chi connectivity index (χ1) is 20.0. The highest BCUT2D eigenvalue weighted by Crippen LogP contribution is 2.31. The summed E-state index contributed by atoms with van der Waals surface area (Å²) in [5, 5.41) is 8.91. The molecule has 0 aromatic heterocycles. The fraction of sp³-hybridized carbons (Fsp3) is 0.292. The molecule has 15 nitrogen and oxygen atoms in total. The molecule has 43 heavy (non-hydrogen) atoms. The number of guanidine groups is 1. The van der Waals surface area contributed by atoms with Crippen LogP contribution in [0.3, 0.4) is 0 Å². The highest BCUT2D eigenvalue weighted by atomic mass is 32.2. The van der Waals surface area contributed by atoms with Gasteiger partial charge in [-0.25, -0.2) is 19.4 Å². The Morgan fingerprint density at radius 1 is 1.12 bits per heavy atom. The number of carbonyl (C=O) groups is 4. The number of aliphatic imine (C=N–C) groups is 1. The van der Waals surface area contributed by atoms with Crippen LogP contribution in [0.5, 0.6) is 11.5 Å². The van der Waals surface area contributed by atoms with Gasteiger partial charge in [-0.2, -0.15) is 31.0 Å². The van der Waals surface area contributed by atoms with Crippen LogP contribution < -0.4 is 30.4 Å². The minimum Gasteiger partial charge on any atom is -0.490 e. The Kier molecular flexibility index (Phi) is 10.3. The van der Waals surface area contributed by atoms with Crippen LogP contribution >= 0.6 is 0 Å². The summed E-state index contributed by atoms with van der Waals surface area (Å²) in [6.07, 6.45) is -6.07. The van der Waals surface area contributed by atoms with E-state index >= 15 is 0 Å². The molecule has 1 atom stereocenters. The Hall–Kier alpha value is -4.75. The van der Waals surface area contributed by atoms with Crippen molar-refractivity contribution in [2.75, 3.05) is 6.61 Å². The van der Waals surface area contributed by atoms with Crippen LogP contribution in [0.2, 0.25) is 0 Å². The number of esters is 3. The molecule has 0 saturated carbocycles. The number of rotatable bonds is 9. The van der Waals surface area contributed by atoms with Crippen molar-refractivity contribution < 1.29 is 60.1 Å². The van der Waals surface area contributed by atoms with Crippen molar-refractivity contribution in [3.8, 4) is 11.5 Å². The summed E-state index contributed by atoms with van der Waals surface area (Å²) in [5.41, 5.74) is 12.4. The first-order valence-electron chi connectivity index (χ1n) is 12.1. The summed E-state index contributed by atoms with van der Waals surface area (Å²) in [6, 6.07) is 6.33. The van der Waals surface area contributed by atoms with Gasteiger partial charge in [-0.1, -0.05) is 6.07 Å². The lowest BCUT2D eigenvalue weighted by Gasteiger charge is -2.18. The SMILES string of the molecule is NC(N)=Nc1ccc2c(c1)CCCOc1cc(CNS(=O)(=O)N[C@@H](CC(=O)O)C(=O)OC(=O)C(F)(F)F)ccc1OC2=O. The molecule has 1 heterocycles. The van der Waals surface area contributed by atoms with Gasteiger partial charge in [0.1, 0.15) is 6.04 Å². The van der Waals surface area contributed by atoms with Gasteiger partial charge in [-0.05, 0) is 54.3 Å². The molecule has 7 N–H and O–H groups in total. The number of nitrogens with zero attached hydrogens (tertiary/aromatic N) is 1. The number of carboxylic acid groups (broad SMARTS) is 1. The number of benzene rings is 2. The molecule has 1 aliphatic rings. The molecule has 0 amide bonds. The van der Waals surface area contributed by atoms with Crippen molar-refractivity contribution in [1.29, 1.82) is 0 Å². The zero-order valence-electron chi connectivity index (χ0n) is 21.8. The number of hydrogen-bond donors (Lipinski definition) is 5. The number of aliphatic carboxylic acids is 1. The molecule has 1 aliphatic heterocycles. The molecule has 0 spiro atoms. The summed E-state index contributed by atoms with van der Waals surface area (Å²) in [7, 11) is -4.75. The maximum atomic E-state index is 12.9. The zero-order chi connectivity index (χ0) is 31.9. The number of carbonyl (C=O) groups excluding carboxylic acids is 3. The second kappa shape index (κ2) is 13.5. The molecule has 2 aromatic carbocycles. The van der Waals surface area contributed by atoms with Gasteiger partial charge >= 0.3 is 30.1 Å². The number of carboxylic acids is 1. The number of hydrogen-bond acceptors (Lipinski definition) is 10. The van der Waals surface area contributed by atoms with Crippen molar-refractivity contribution in [2.24, 2.45) is 16.5 Å². The van der Waals surface area contributed by atoms with Gasteiger partial charge in [0.05, 0.1) is 24.3 Å². The molecule has 0 saturated heterocycles. The molecule has 0 unspecified atom stereocenters. The van der Waals surface area contributed by atoms with Crippen LogP contribution in [-0.2, 0) is 42.3 Å². The number of ether oxygens (including phenoxy) is 3. The van der Waals surface area contributed by atoms with E-state index in [-0.39, 0.29) is 35.2 Å². The Morgan fingerprint density at radius 2 is 1.84 bits per heavy atom. The normalized spacial score (nSPS) is 14.2. The molecule has 0 fully saturated rings. The molecular weight excluding hydrogens is 607 g/mol. The molecule has 0 radical (unpaired) electrons. The minimum absolute atomic E-state index is 0.00878. The number of fused-ring (bicyclic) bond motifs is 2. The summed E-state index contributed by atoms with van der Waals surface area (Å²) < 4.78 is 80.3. The van der Waals surface area contributed by atoms with Gasteiger partial charge in [0, 0.05) is 6.54 Å². The lowest BCUT2D eigenvalue weighted by Crippen LogP contribution is -2.48. The van der Waals surface area contributed by atoms with E-state index in [9.17, 15) is 40.8 Å². The van der Waals surface area contributed by atoms with Gasteiger partial charge in [0.15, 0.2) is 17.5 Å². The summed E-state index contributed by atoms with van der Waals surface area (Å²) in [6.45, 7) is -0.338. The lowest BCUT2D eigenvalue weighted by molar-refractivity contribution is -0.202. The topological polar surface area (TPSA) is 239 Å². The molecule has 19 heteroatoms. The Morgan fingerprint density at radius 3 is 2.49 bits per heavy atom. The van der Waals surface area contributed by atoms with E-state index < -0.39 is 59.3 Å². The van der Waals surface area contributed by atoms with E-state index in [2.05, 4.69) is 9.73 Å². The van der Waals surface area contributed by atoms with Crippen molar-refractivity contribution in [2.45, 2.75) is 38.0 Å². The van der Waals surface area contributed by atoms with Gasteiger partial charge in [-0.15, -0.1) is 0 Å². The predicted octanol–water partition coefficient (Wildman–Crippen LogP) is 0.535. The van der Waals surface area contributed by atoms with Gasteiger partial charge in [-0.3, -0.25) is 4.79 Å². The second-order valence-electron chi connectivity index (χ2n) is 8.80. The number of aryl methyl sites for hydroxylation is 1. The van der Waals surface area contributed by atoms with Crippen LogP contribution in [0.4, 0.5) is 18.9 Å². The predicted molar refractivity (Wildman–Crippen MR) is 139 cm³/mol. The van der Waals surface area contributed by atoms with E-state index in [1.807, 2.05) is 4.72 Å². The molecular formula is C24H24F3N5O10S. The fourth-order valence-corrected chi connectivity index (χ4v) is 4.63. The maximum absolute atomic E-state index is 12.9. The van der Waals surface area contributed by atoms with Gasteiger partial charge < -0.3 is 30.8 Å². The van der Waals surface area contributed by atoms with E-state index in [1.165, 1.54) is 30.3 Å². The second-order valence-corrected chi connectivity index (χ2v) is 10.3. The Bertz CT molecular complexity index is 1560. The number of halogens is 3. The highest BCUT2D eigenvalue weighted by Gasteiger charge is 2.44. The molecule has 3 rings (SSSR count). The van der Waals surface area contributed by atoms with E-state index in [0.29, 0.717) is 24.1 Å². The zero-order valence-corrected chi connectivity index (χ0v) is 22.7. The lowest BCUT2D eigenvalue weighted by atomic mass is 10.0. The summed E-state index contributed by atoms with van der Waals surface area (Å²) >= 11 is 0. The van der Waals surface area contributed by atoms with Crippen molar-refractivity contribution in [3.05, 3.63) is 53.1 Å². The molecule has 232 valence electrons. The smallest absolute Gasteiger partial charge is 0.490 e. The average Bonchev–Trinajstić information content (AvgIpc) is 2.89. The summed E-state index contributed by atoms with van der Waals surface area (Å²) in [4.78, 5) is 50.7. The van der Waals surface area contributed by atoms with Crippen LogP contribution in [0, 0.1) is 0 Å². The van der Waals surface area contributed by atoms with E-state index in [1.54, 1.807) is 10.8 Å². The van der Waals surface area contributed by atoms with Crippen LogP contribution in [0.15, 0.2) is 41.4 Å². The molecule has 0 aliphatic carbocycles. The van der Waals surface area contributed by atoms with Crippen molar-refractivity contribution >= 4 is 45.7 Å². The largest absolute Gasteiger partial charge is 0.491 e. The van der Waals surface area contributed by atoms with Gasteiger partial charge in [0.2, 0.25) is 0 Å². The summed E-state index contributed by atoms with van der Waals surface area (Å²) in [5.74, 6) is -7.59. The number of nitrogens with two attached hydrogens (primary N) is 2. The average molecular weight is 632 g/mol. The third-order valence-corrected chi connectivity index (χ3v) is 6.60. The third kappa shape index (κ3) is 9.65. The number of nitrogens with one attached hydrogen (secondary N) is 2. The third-order valence-electron chi connectivity index (χ3n) is 5.48. The standard InChI is InChI=1S/C24H24F3N5O10S/c25-24(26,27)22(37)42-21(36)16(10-19(33)34)32-43(38,39)30-11-12-3-6-17-18(8-12)40-7-1-2-13-9-14(31-23(28)29)4-5-15(13)20(35)41-17/h3-6,8-9,16,30,32H,1-2,7,10-11H2,(H,33,34)(H4,28,29,31)/t16-/m0/s1. The number of alkyl halides is 3. The minimum atomic E-state index is -5.58. The van der Waals surface area contributed by atoms with Crippen molar-refractivity contribution in [1.82, 2.24) is 9.44 Å². The highest BCUT2D eigenvalue weighted by molar-refractivity contribution is 7.87. The van der Waals surface area contributed by atoms with E-state index in [4.69, 9.17) is 26.0 Å².